The van der Waals surface area contributed by atoms with Crippen molar-refractivity contribution in [2.45, 2.75) is 32.9 Å². The monoisotopic (exact) mass is 350 g/mol. The lowest BCUT2D eigenvalue weighted by molar-refractivity contribution is -0.136. The third kappa shape index (κ3) is 2.71. The summed E-state index contributed by atoms with van der Waals surface area (Å²) >= 11 is 0. The van der Waals surface area contributed by atoms with Gasteiger partial charge < -0.3 is 9.88 Å². The largest absolute Gasteiger partial charge is 0.356 e. The number of fused-ring (bicyclic) bond motifs is 3. The molecule has 0 saturated heterocycles. The molecule has 0 bridgehead atoms. The fourth-order valence-electron chi connectivity index (χ4n) is 3.99. The van der Waals surface area contributed by atoms with E-state index in [2.05, 4.69) is 35.9 Å². The van der Waals surface area contributed by atoms with Crippen LogP contribution in [0.25, 0.3) is 10.9 Å². The minimum absolute atomic E-state index is 0.0193. The summed E-state index contributed by atoms with van der Waals surface area (Å²) in [5.41, 5.74) is 3.15. The van der Waals surface area contributed by atoms with Crippen LogP contribution >= 0.6 is 0 Å². The van der Waals surface area contributed by atoms with Crippen LogP contribution in [0.3, 0.4) is 0 Å². The zero-order valence-corrected chi connectivity index (χ0v) is 15.0. The Morgan fingerprint density at radius 2 is 2.12 bits per heavy atom. The van der Waals surface area contributed by atoms with Crippen LogP contribution in [0.5, 0.6) is 0 Å². The summed E-state index contributed by atoms with van der Waals surface area (Å²) in [5, 5.41) is 1.24. The van der Waals surface area contributed by atoms with E-state index in [9.17, 15) is 9.59 Å². The van der Waals surface area contributed by atoms with Crippen LogP contribution in [0.15, 0.2) is 47.5 Å². The maximum absolute atomic E-state index is 13.0. The number of H-pyrrole nitrogens is 1. The number of rotatable bonds is 3. The Kier molecular flexibility index (Phi) is 4.11. The molecule has 6 nitrogen and oxygen atoms in total. The predicted molar refractivity (Wildman–Crippen MR) is 99.8 cm³/mol. The topological polar surface area (TPSA) is 71.0 Å². The average molecular weight is 350 g/mol. The van der Waals surface area contributed by atoms with E-state index in [4.69, 9.17) is 0 Å². The summed E-state index contributed by atoms with van der Waals surface area (Å²) < 4.78 is 1.36. The Balaban J connectivity index is 1.70. The number of nitrogens with zero attached hydrogens (tertiary/aromatic N) is 3. The molecule has 3 heterocycles. The van der Waals surface area contributed by atoms with E-state index in [-0.39, 0.29) is 24.4 Å². The third-order valence-electron chi connectivity index (χ3n) is 5.12. The van der Waals surface area contributed by atoms with E-state index >= 15 is 0 Å². The molecule has 6 heteroatoms. The first-order chi connectivity index (χ1) is 12.6. The molecule has 1 unspecified atom stereocenters. The quantitative estimate of drug-likeness (QED) is 0.789. The molecule has 1 aliphatic heterocycles. The fraction of sp³-hybridized carbons (Fsp3) is 0.350. The minimum Gasteiger partial charge on any atom is -0.356 e. The molecule has 1 amide bonds. The molecule has 1 aromatic carbocycles. The Morgan fingerprint density at radius 3 is 2.88 bits per heavy atom. The summed E-state index contributed by atoms with van der Waals surface area (Å²) in [6, 6.07) is 9.92. The SMILES string of the molecule is CC(C)C1c2[nH]c3ccccc3c2CCN1C(=O)Cn1cccnc1=O. The lowest BCUT2D eigenvalue weighted by atomic mass is 9.90. The van der Waals surface area contributed by atoms with Crippen LogP contribution in [0.2, 0.25) is 0 Å². The molecule has 134 valence electrons. The van der Waals surface area contributed by atoms with Gasteiger partial charge in [-0.25, -0.2) is 9.78 Å². The van der Waals surface area contributed by atoms with Gasteiger partial charge >= 0.3 is 5.69 Å². The summed E-state index contributed by atoms with van der Waals surface area (Å²) in [6.45, 7) is 4.93. The first-order valence-corrected chi connectivity index (χ1v) is 8.96. The van der Waals surface area contributed by atoms with Gasteiger partial charge in [-0.05, 0) is 30.0 Å². The maximum Gasteiger partial charge on any atom is 0.347 e. The molecule has 0 spiro atoms. The summed E-state index contributed by atoms with van der Waals surface area (Å²) in [6.07, 6.45) is 3.87. The molecular weight excluding hydrogens is 328 g/mol. The van der Waals surface area contributed by atoms with E-state index in [0.29, 0.717) is 6.54 Å². The lowest BCUT2D eigenvalue weighted by Gasteiger charge is -2.38. The van der Waals surface area contributed by atoms with Gasteiger partial charge in [0.1, 0.15) is 6.54 Å². The number of benzene rings is 1. The Hall–Kier alpha value is -2.89. The molecular formula is C20H22N4O2. The minimum atomic E-state index is -0.398. The maximum atomic E-state index is 13.0. The Labute approximate surface area is 151 Å². The molecule has 26 heavy (non-hydrogen) atoms. The van der Waals surface area contributed by atoms with Crippen molar-refractivity contribution in [2.75, 3.05) is 6.54 Å². The van der Waals surface area contributed by atoms with Crippen LogP contribution in [0.4, 0.5) is 0 Å². The molecule has 1 aliphatic rings. The summed E-state index contributed by atoms with van der Waals surface area (Å²) in [4.78, 5) is 34.0. The number of carbonyl (C=O) groups is 1. The first-order valence-electron chi connectivity index (χ1n) is 8.96. The third-order valence-corrected chi connectivity index (χ3v) is 5.12. The van der Waals surface area contributed by atoms with E-state index in [0.717, 1.165) is 17.6 Å². The van der Waals surface area contributed by atoms with Crippen molar-refractivity contribution in [3.63, 3.8) is 0 Å². The van der Waals surface area contributed by atoms with Gasteiger partial charge in [-0.3, -0.25) is 9.36 Å². The van der Waals surface area contributed by atoms with Gasteiger partial charge in [0.2, 0.25) is 5.91 Å². The van der Waals surface area contributed by atoms with E-state index in [1.54, 1.807) is 12.3 Å². The van der Waals surface area contributed by atoms with Crippen LogP contribution in [-0.4, -0.2) is 31.9 Å². The summed E-state index contributed by atoms with van der Waals surface area (Å²) in [7, 11) is 0. The van der Waals surface area contributed by atoms with Gasteiger partial charge in [-0.1, -0.05) is 32.0 Å². The first kappa shape index (κ1) is 16.6. The van der Waals surface area contributed by atoms with Gasteiger partial charge in [-0.2, -0.15) is 0 Å². The molecule has 0 saturated carbocycles. The van der Waals surface area contributed by atoms with Crippen LogP contribution in [0, 0.1) is 5.92 Å². The second-order valence-corrected chi connectivity index (χ2v) is 7.12. The number of amides is 1. The van der Waals surface area contributed by atoms with E-state index < -0.39 is 5.69 Å². The van der Waals surface area contributed by atoms with Gasteiger partial charge in [0.15, 0.2) is 0 Å². The van der Waals surface area contributed by atoms with E-state index in [1.807, 2.05) is 17.0 Å². The molecule has 0 radical (unpaired) electrons. The number of nitrogens with one attached hydrogen (secondary N) is 1. The molecule has 2 aromatic heterocycles. The average Bonchev–Trinajstić information content (AvgIpc) is 3.01. The molecule has 1 atom stereocenters. The van der Waals surface area contributed by atoms with Crippen molar-refractivity contribution in [3.8, 4) is 0 Å². The number of aromatic amines is 1. The van der Waals surface area contributed by atoms with Crippen molar-refractivity contribution in [1.29, 1.82) is 0 Å². The van der Waals surface area contributed by atoms with Gasteiger partial charge in [0.05, 0.1) is 6.04 Å². The van der Waals surface area contributed by atoms with Crippen molar-refractivity contribution in [2.24, 2.45) is 5.92 Å². The molecule has 0 aliphatic carbocycles. The van der Waals surface area contributed by atoms with Crippen LogP contribution in [0.1, 0.15) is 31.1 Å². The van der Waals surface area contributed by atoms with Gasteiger partial charge in [-0.15, -0.1) is 0 Å². The van der Waals surface area contributed by atoms with Crippen molar-refractivity contribution in [3.05, 3.63) is 64.5 Å². The number of aromatic nitrogens is 3. The highest BCUT2D eigenvalue weighted by atomic mass is 16.2. The molecule has 4 rings (SSSR count). The highest BCUT2D eigenvalue weighted by Gasteiger charge is 2.35. The number of para-hydroxylation sites is 1. The highest BCUT2D eigenvalue weighted by molar-refractivity contribution is 5.86. The molecule has 1 N–H and O–H groups in total. The normalized spacial score (nSPS) is 16.9. The summed E-state index contributed by atoms with van der Waals surface area (Å²) in [5.74, 6) is 0.208. The Bertz CT molecular complexity index is 1020. The van der Waals surface area contributed by atoms with Crippen LogP contribution < -0.4 is 5.69 Å². The zero-order valence-electron chi connectivity index (χ0n) is 15.0. The predicted octanol–water partition coefficient (Wildman–Crippen LogP) is 2.51. The molecule has 3 aromatic rings. The number of carbonyl (C=O) groups excluding carboxylic acids is 1. The molecule has 0 fully saturated rings. The lowest BCUT2D eigenvalue weighted by Crippen LogP contribution is -2.44. The number of hydrogen-bond donors (Lipinski definition) is 1. The van der Waals surface area contributed by atoms with Gasteiger partial charge in [0.25, 0.3) is 0 Å². The number of hydrogen-bond acceptors (Lipinski definition) is 3. The van der Waals surface area contributed by atoms with Crippen molar-refractivity contribution < 1.29 is 4.79 Å². The fourth-order valence-corrected chi connectivity index (χ4v) is 3.99. The van der Waals surface area contributed by atoms with Crippen molar-refractivity contribution in [1.82, 2.24) is 19.4 Å². The smallest absolute Gasteiger partial charge is 0.347 e. The second-order valence-electron chi connectivity index (χ2n) is 7.12. The van der Waals surface area contributed by atoms with Crippen molar-refractivity contribution >= 4 is 16.8 Å². The van der Waals surface area contributed by atoms with Crippen LogP contribution in [-0.2, 0) is 17.8 Å². The van der Waals surface area contributed by atoms with E-state index in [1.165, 1.54) is 21.7 Å². The zero-order chi connectivity index (χ0) is 18.3. The van der Waals surface area contributed by atoms with Gasteiger partial charge in [0, 0.05) is 35.5 Å². The second kappa shape index (κ2) is 6.44. The highest BCUT2D eigenvalue weighted by Crippen LogP contribution is 2.38. The Morgan fingerprint density at radius 1 is 1.31 bits per heavy atom. The standard InChI is InChI=1S/C20H22N4O2/c1-13(2)19-18-15(14-6-3-4-7-16(14)22-18)8-11-24(19)17(25)12-23-10-5-9-21-20(23)26/h3-7,9-10,13,19,22H,8,11-12H2,1-2H3.